The van der Waals surface area contributed by atoms with Crippen LogP contribution in [0.25, 0.3) is 5.65 Å². The molecule has 29 heavy (non-hydrogen) atoms. The maximum atomic E-state index is 13.1. The highest BCUT2D eigenvalue weighted by Gasteiger charge is 2.26. The second-order valence-electron chi connectivity index (χ2n) is 7.07. The van der Waals surface area contributed by atoms with Gasteiger partial charge >= 0.3 is 5.69 Å². The van der Waals surface area contributed by atoms with E-state index in [0.29, 0.717) is 48.0 Å². The van der Waals surface area contributed by atoms with Crippen molar-refractivity contribution in [1.82, 2.24) is 19.5 Å². The molecule has 0 bridgehead atoms. The van der Waals surface area contributed by atoms with Crippen molar-refractivity contribution >= 4 is 22.9 Å². The minimum absolute atomic E-state index is 0.0467. The predicted molar refractivity (Wildman–Crippen MR) is 107 cm³/mol. The van der Waals surface area contributed by atoms with Gasteiger partial charge in [-0.05, 0) is 32.0 Å². The Hall–Kier alpha value is -3.49. The molecule has 1 fully saturated rings. The highest BCUT2D eigenvalue weighted by Crippen LogP contribution is 2.22. The lowest BCUT2D eigenvalue weighted by Gasteiger charge is -2.35. The fraction of sp³-hybridized carbons (Fsp3) is 0.350. The number of aromatic nitrogens is 3. The number of carbonyl (C=O) groups excluding carboxylic acids is 1. The molecular formula is C20H23N6O3+. The number of amides is 1. The summed E-state index contributed by atoms with van der Waals surface area (Å²) in [5.41, 5.74) is 4.40. The highest BCUT2D eigenvalue weighted by molar-refractivity contribution is 5.99. The fourth-order valence-electron chi connectivity index (χ4n) is 3.65. The molecule has 3 aromatic rings. The van der Waals surface area contributed by atoms with Crippen molar-refractivity contribution in [3.63, 3.8) is 0 Å². The van der Waals surface area contributed by atoms with E-state index in [1.807, 2.05) is 36.9 Å². The Kier molecular flexibility index (Phi) is 4.87. The summed E-state index contributed by atoms with van der Waals surface area (Å²) in [4.78, 5) is 38.2. The number of piperazine rings is 1. The summed E-state index contributed by atoms with van der Waals surface area (Å²) in [5, 5.41) is 4.32. The third kappa shape index (κ3) is 3.51. The second kappa shape index (κ2) is 7.50. The molecule has 1 aliphatic heterocycles. The zero-order valence-electron chi connectivity index (χ0n) is 16.7. The van der Waals surface area contributed by atoms with Crippen molar-refractivity contribution < 1.29 is 14.6 Å². The molecule has 1 aliphatic rings. The maximum Gasteiger partial charge on any atom is 0.316 e. The Labute approximate surface area is 168 Å². The van der Waals surface area contributed by atoms with Crippen molar-refractivity contribution in [3.05, 3.63) is 58.4 Å². The van der Waals surface area contributed by atoms with Crippen LogP contribution < -0.4 is 4.90 Å². The molecule has 3 heterocycles. The summed E-state index contributed by atoms with van der Waals surface area (Å²) in [6, 6.07) is 9.16. The minimum atomic E-state index is -0.0467. The first kappa shape index (κ1) is 18.9. The minimum Gasteiger partial charge on any atom is -0.368 e. The van der Waals surface area contributed by atoms with E-state index in [9.17, 15) is 9.70 Å². The summed E-state index contributed by atoms with van der Waals surface area (Å²) in [5.74, 6) is -0.0467. The van der Waals surface area contributed by atoms with Crippen LogP contribution >= 0.6 is 0 Å². The van der Waals surface area contributed by atoms with Gasteiger partial charge in [-0.1, -0.05) is 0 Å². The number of hydrogen-bond donors (Lipinski definition) is 0. The van der Waals surface area contributed by atoms with Crippen LogP contribution in [0.1, 0.15) is 21.7 Å². The molecule has 9 nitrogen and oxygen atoms in total. The van der Waals surface area contributed by atoms with Crippen LogP contribution in [0, 0.1) is 18.8 Å². The molecule has 0 aliphatic carbocycles. The number of hydrogen-bond acceptors (Lipinski definition) is 6. The van der Waals surface area contributed by atoms with Crippen LogP contribution in [0.5, 0.6) is 0 Å². The Morgan fingerprint density at radius 2 is 1.79 bits per heavy atom. The smallest absolute Gasteiger partial charge is 0.316 e. The van der Waals surface area contributed by atoms with Crippen LogP contribution in [0.3, 0.4) is 0 Å². The molecule has 1 amide bonds. The van der Waals surface area contributed by atoms with Gasteiger partial charge in [0.2, 0.25) is 0 Å². The van der Waals surface area contributed by atoms with E-state index in [1.54, 1.807) is 22.8 Å². The van der Waals surface area contributed by atoms with Crippen molar-refractivity contribution in [3.8, 4) is 0 Å². The molecule has 1 aromatic carbocycles. The number of anilines is 1. The lowest BCUT2D eigenvalue weighted by molar-refractivity contribution is -0.736. The second-order valence-corrected chi connectivity index (χ2v) is 7.07. The van der Waals surface area contributed by atoms with E-state index in [1.165, 1.54) is 7.11 Å². The van der Waals surface area contributed by atoms with Gasteiger partial charge in [-0.2, -0.15) is 5.10 Å². The zero-order chi connectivity index (χ0) is 20.5. The Bertz CT molecular complexity index is 1070. The van der Waals surface area contributed by atoms with Crippen LogP contribution in [-0.2, 0) is 4.84 Å². The topological polar surface area (TPSA) is 83.0 Å². The van der Waals surface area contributed by atoms with Gasteiger partial charge in [0.05, 0.1) is 11.1 Å². The highest BCUT2D eigenvalue weighted by atomic mass is 16.8. The van der Waals surface area contributed by atoms with Crippen molar-refractivity contribution in [2.75, 3.05) is 38.2 Å². The number of benzene rings is 1. The quantitative estimate of drug-likeness (QED) is 0.631. The molecule has 0 N–H and O–H groups in total. The SMILES string of the molecule is CO[N+](=O)c1ccc(N2CCN(C(=O)c3cnn4c(C)cc(C)nc34)CC2)cc1. The molecule has 2 aromatic heterocycles. The monoisotopic (exact) mass is 395 g/mol. The molecule has 0 saturated carbocycles. The average Bonchev–Trinajstić information content (AvgIpc) is 3.17. The number of carbonyl (C=O) groups is 1. The summed E-state index contributed by atoms with van der Waals surface area (Å²) in [6.07, 6.45) is 1.60. The molecular weight excluding hydrogens is 372 g/mol. The summed E-state index contributed by atoms with van der Waals surface area (Å²) < 4.78 is 1.71. The Morgan fingerprint density at radius 3 is 2.45 bits per heavy atom. The van der Waals surface area contributed by atoms with E-state index in [4.69, 9.17) is 0 Å². The van der Waals surface area contributed by atoms with Gasteiger partial charge in [0.25, 0.3) is 10.8 Å². The standard InChI is InChI=1S/C20H23N6O3/c1-14-12-15(2)25-19(22-14)18(13-21-25)20(27)24-10-8-23(9-11-24)16-4-6-17(7-5-16)26(28)29-3/h4-7,12-13H,8-11H2,1-3H3/q+1. The van der Waals surface area contributed by atoms with Crippen LogP contribution in [0.4, 0.5) is 11.4 Å². The fourth-order valence-corrected chi connectivity index (χ4v) is 3.65. The van der Waals surface area contributed by atoms with E-state index in [-0.39, 0.29) is 5.91 Å². The third-order valence-corrected chi connectivity index (χ3v) is 5.17. The first-order valence-corrected chi connectivity index (χ1v) is 9.45. The van der Waals surface area contributed by atoms with E-state index in [2.05, 4.69) is 19.8 Å². The molecule has 0 radical (unpaired) electrons. The maximum absolute atomic E-state index is 13.1. The molecule has 150 valence electrons. The Balaban J connectivity index is 1.46. The molecule has 1 saturated heterocycles. The van der Waals surface area contributed by atoms with Crippen molar-refractivity contribution in [2.45, 2.75) is 13.8 Å². The number of fused-ring (bicyclic) bond motifs is 1. The van der Waals surface area contributed by atoms with Crippen LogP contribution in [0.15, 0.2) is 36.5 Å². The largest absolute Gasteiger partial charge is 0.368 e. The van der Waals surface area contributed by atoms with Crippen molar-refractivity contribution in [2.24, 2.45) is 0 Å². The molecule has 4 rings (SSSR count). The first-order valence-electron chi connectivity index (χ1n) is 9.45. The van der Waals surface area contributed by atoms with E-state index >= 15 is 0 Å². The van der Waals surface area contributed by atoms with Crippen LogP contribution in [0.2, 0.25) is 0 Å². The van der Waals surface area contributed by atoms with Crippen molar-refractivity contribution in [1.29, 1.82) is 0 Å². The van der Waals surface area contributed by atoms with E-state index < -0.39 is 0 Å². The summed E-state index contributed by atoms with van der Waals surface area (Å²) in [7, 11) is 1.33. The van der Waals surface area contributed by atoms with Gasteiger partial charge in [-0.3, -0.25) is 4.79 Å². The molecule has 9 heteroatoms. The van der Waals surface area contributed by atoms with Gasteiger partial charge in [0, 0.05) is 55.4 Å². The molecule has 0 spiro atoms. The van der Waals surface area contributed by atoms with Gasteiger partial charge < -0.3 is 9.80 Å². The number of rotatable bonds is 4. The summed E-state index contributed by atoms with van der Waals surface area (Å²) >= 11 is 0. The molecule has 0 unspecified atom stereocenters. The van der Waals surface area contributed by atoms with Gasteiger partial charge in [0.1, 0.15) is 5.56 Å². The van der Waals surface area contributed by atoms with Gasteiger partial charge in [-0.25, -0.2) is 14.3 Å². The Morgan fingerprint density at radius 1 is 1.10 bits per heavy atom. The molecule has 0 atom stereocenters. The third-order valence-electron chi connectivity index (χ3n) is 5.17. The first-order chi connectivity index (χ1) is 14.0. The van der Waals surface area contributed by atoms with Gasteiger partial charge in [-0.15, -0.1) is 0 Å². The normalized spacial score (nSPS) is 14.3. The zero-order valence-corrected chi connectivity index (χ0v) is 16.7. The predicted octanol–water partition coefficient (Wildman–Crippen LogP) is 2.28. The average molecular weight is 395 g/mol. The lowest BCUT2D eigenvalue weighted by Crippen LogP contribution is -2.48. The number of nitrogens with zero attached hydrogens (tertiary/aromatic N) is 6. The number of aryl methyl sites for hydroxylation is 2. The lowest BCUT2D eigenvalue weighted by atomic mass is 10.2. The van der Waals surface area contributed by atoms with Crippen LogP contribution in [-0.4, -0.2) is 63.6 Å². The van der Waals surface area contributed by atoms with Gasteiger partial charge in [0.15, 0.2) is 12.8 Å². The summed E-state index contributed by atoms with van der Waals surface area (Å²) in [6.45, 7) is 6.49. The van der Waals surface area contributed by atoms with E-state index in [0.717, 1.165) is 17.1 Å².